The minimum Gasteiger partial charge on any atom is -0.616 e. The molecule has 0 bridgehead atoms. The van der Waals surface area contributed by atoms with E-state index in [1.807, 2.05) is 54.6 Å². The molecular weight excluding hydrogens is 310 g/mol. The fraction of sp³-hybridized carbons (Fsp3) is 0.278. The molecule has 0 aliphatic rings. The Morgan fingerprint density at radius 3 is 2.39 bits per heavy atom. The molecule has 2 aromatic carbocycles. The first-order valence-corrected chi connectivity index (χ1v) is 8.79. The first-order valence-electron chi connectivity index (χ1n) is 7.41. The second-order valence-electron chi connectivity index (χ2n) is 5.22. The van der Waals surface area contributed by atoms with Gasteiger partial charge in [-0.05, 0) is 23.3 Å². The van der Waals surface area contributed by atoms with Crippen LogP contribution in [0.5, 0.6) is 5.75 Å². The van der Waals surface area contributed by atoms with Gasteiger partial charge in [-0.1, -0.05) is 42.5 Å². The molecule has 0 saturated heterocycles. The van der Waals surface area contributed by atoms with Crippen molar-refractivity contribution >= 4 is 17.0 Å². The Morgan fingerprint density at radius 2 is 1.83 bits per heavy atom. The zero-order valence-electron chi connectivity index (χ0n) is 13.1. The molecule has 0 amide bonds. The topological polar surface area (TPSA) is 75.4 Å². The Kier molecular flexibility index (Phi) is 6.65. The molecular formula is C18H21NO3S. The largest absolute Gasteiger partial charge is 0.616 e. The van der Waals surface area contributed by atoms with E-state index in [2.05, 4.69) is 0 Å². The fourth-order valence-electron chi connectivity index (χ4n) is 2.31. The molecule has 0 fully saturated rings. The van der Waals surface area contributed by atoms with E-state index in [0.717, 1.165) is 16.9 Å². The van der Waals surface area contributed by atoms with Crippen molar-refractivity contribution in [1.82, 2.24) is 0 Å². The van der Waals surface area contributed by atoms with E-state index in [9.17, 15) is 9.35 Å². The maximum atomic E-state index is 12.8. The molecule has 5 heteroatoms. The first kappa shape index (κ1) is 17.5. The molecule has 2 aromatic rings. The smallest absolute Gasteiger partial charge is 0.151 e. The summed E-state index contributed by atoms with van der Waals surface area (Å²) in [6.45, 7) is -0.0247. The standard InChI is InChI=1S/C18H21NO3S/c1-22-17-9-7-14(8-10-17)13-23(21)18(11-16(20)12-19)15-5-3-2-4-6-15/h2-10,18H,11-13,19H2,1H3. The quantitative estimate of drug-likeness (QED) is 0.755. The zero-order chi connectivity index (χ0) is 16.7. The summed E-state index contributed by atoms with van der Waals surface area (Å²) >= 11 is -1.21. The van der Waals surface area contributed by atoms with Crippen molar-refractivity contribution in [1.29, 1.82) is 0 Å². The van der Waals surface area contributed by atoms with E-state index in [1.54, 1.807) is 7.11 Å². The van der Waals surface area contributed by atoms with E-state index in [0.29, 0.717) is 5.75 Å². The van der Waals surface area contributed by atoms with Gasteiger partial charge in [0.15, 0.2) is 5.78 Å². The van der Waals surface area contributed by atoms with E-state index < -0.39 is 11.2 Å². The Morgan fingerprint density at radius 1 is 1.17 bits per heavy atom. The van der Waals surface area contributed by atoms with E-state index in [1.165, 1.54) is 0 Å². The Balaban J connectivity index is 2.14. The summed E-state index contributed by atoms with van der Waals surface area (Å²) in [5, 5.41) is -0.339. The number of Topliss-reactive ketones (excluding diaryl/α,β-unsaturated/α-hetero) is 1. The number of hydrogen-bond donors (Lipinski definition) is 1. The number of carbonyl (C=O) groups is 1. The van der Waals surface area contributed by atoms with E-state index in [4.69, 9.17) is 10.5 Å². The molecule has 0 radical (unpaired) electrons. The third-order valence-electron chi connectivity index (χ3n) is 3.60. The van der Waals surface area contributed by atoms with Gasteiger partial charge >= 0.3 is 0 Å². The average molecular weight is 331 g/mol. The molecule has 0 aliphatic carbocycles. The van der Waals surface area contributed by atoms with Crippen molar-refractivity contribution in [2.24, 2.45) is 5.73 Å². The van der Waals surface area contributed by atoms with Gasteiger partial charge in [0.2, 0.25) is 0 Å². The molecule has 0 saturated carbocycles. The summed E-state index contributed by atoms with van der Waals surface area (Å²) in [5.41, 5.74) is 7.27. The number of ketones is 1. The average Bonchev–Trinajstić information content (AvgIpc) is 2.60. The van der Waals surface area contributed by atoms with Gasteiger partial charge in [-0.3, -0.25) is 4.79 Å². The highest BCUT2D eigenvalue weighted by Crippen LogP contribution is 2.29. The number of methoxy groups -OCH3 is 1. The SMILES string of the molecule is COc1ccc(C[S+]([O-])C(CC(=O)CN)c2ccccc2)cc1. The second kappa shape index (κ2) is 8.72. The third kappa shape index (κ3) is 5.10. The van der Waals surface area contributed by atoms with E-state index in [-0.39, 0.29) is 24.0 Å². The van der Waals surface area contributed by atoms with Crippen LogP contribution in [0.3, 0.4) is 0 Å². The molecule has 122 valence electrons. The van der Waals surface area contributed by atoms with Gasteiger partial charge in [0.25, 0.3) is 0 Å². The number of carbonyl (C=O) groups excluding carboxylic acids is 1. The van der Waals surface area contributed by atoms with Crippen molar-refractivity contribution in [3.63, 3.8) is 0 Å². The summed E-state index contributed by atoms with van der Waals surface area (Å²) in [6.07, 6.45) is 0.198. The van der Waals surface area contributed by atoms with Crippen molar-refractivity contribution in [2.75, 3.05) is 13.7 Å². The zero-order valence-corrected chi connectivity index (χ0v) is 13.9. The third-order valence-corrected chi connectivity index (χ3v) is 5.29. The number of benzene rings is 2. The van der Waals surface area contributed by atoms with Gasteiger partial charge in [0.05, 0.1) is 20.1 Å². The Bertz CT molecular complexity index is 616. The number of rotatable bonds is 8. The van der Waals surface area contributed by atoms with Crippen LogP contribution in [-0.2, 0) is 21.7 Å². The number of ether oxygens (including phenoxy) is 1. The maximum Gasteiger partial charge on any atom is 0.151 e. The number of nitrogens with two attached hydrogens (primary N) is 1. The molecule has 2 rings (SSSR count). The van der Waals surface area contributed by atoms with Crippen LogP contribution in [0.25, 0.3) is 0 Å². The van der Waals surface area contributed by atoms with Crippen LogP contribution in [0.1, 0.15) is 22.8 Å². The highest BCUT2D eigenvalue weighted by atomic mass is 32.2. The highest BCUT2D eigenvalue weighted by Gasteiger charge is 2.27. The highest BCUT2D eigenvalue weighted by molar-refractivity contribution is 7.90. The van der Waals surface area contributed by atoms with Crippen molar-refractivity contribution in [2.45, 2.75) is 17.4 Å². The lowest BCUT2D eigenvalue weighted by atomic mass is 10.1. The molecule has 0 heterocycles. The lowest BCUT2D eigenvalue weighted by molar-refractivity contribution is -0.117. The predicted molar refractivity (Wildman–Crippen MR) is 92.7 cm³/mol. The van der Waals surface area contributed by atoms with Crippen molar-refractivity contribution in [3.8, 4) is 5.75 Å². The molecule has 2 N–H and O–H groups in total. The van der Waals surface area contributed by atoms with Crippen LogP contribution in [0.15, 0.2) is 54.6 Å². The van der Waals surface area contributed by atoms with Crippen LogP contribution in [0.2, 0.25) is 0 Å². The van der Waals surface area contributed by atoms with Gasteiger partial charge in [-0.25, -0.2) is 0 Å². The second-order valence-corrected chi connectivity index (χ2v) is 6.84. The monoisotopic (exact) mass is 331 g/mol. The summed E-state index contributed by atoms with van der Waals surface area (Å²) in [4.78, 5) is 11.8. The molecule has 4 nitrogen and oxygen atoms in total. The van der Waals surface area contributed by atoms with Crippen LogP contribution < -0.4 is 10.5 Å². The summed E-state index contributed by atoms with van der Waals surface area (Å²) in [7, 11) is 1.61. The Labute approximate surface area is 139 Å². The van der Waals surface area contributed by atoms with E-state index >= 15 is 0 Å². The summed E-state index contributed by atoms with van der Waals surface area (Å²) in [6, 6.07) is 17.0. The molecule has 0 aliphatic heterocycles. The molecule has 0 spiro atoms. The molecule has 2 atom stereocenters. The fourth-order valence-corrected chi connectivity index (χ4v) is 3.86. The minimum atomic E-state index is -1.21. The maximum absolute atomic E-state index is 12.8. The lowest BCUT2D eigenvalue weighted by Crippen LogP contribution is -2.23. The summed E-state index contributed by atoms with van der Waals surface area (Å²) in [5.74, 6) is 1.07. The van der Waals surface area contributed by atoms with Crippen LogP contribution in [0.4, 0.5) is 0 Å². The number of hydrogen-bond acceptors (Lipinski definition) is 4. The van der Waals surface area contributed by atoms with Gasteiger partial charge in [-0.2, -0.15) is 0 Å². The van der Waals surface area contributed by atoms with Crippen LogP contribution in [0, 0.1) is 0 Å². The van der Waals surface area contributed by atoms with Gasteiger partial charge < -0.3 is 15.0 Å². The normalized spacial score (nSPS) is 13.3. The van der Waals surface area contributed by atoms with Gasteiger partial charge in [0, 0.05) is 11.1 Å². The predicted octanol–water partition coefficient (Wildman–Crippen LogP) is 2.60. The van der Waals surface area contributed by atoms with Crippen molar-refractivity contribution < 1.29 is 14.1 Å². The van der Waals surface area contributed by atoms with Gasteiger partial charge in [0.1, 0.15) is 16.8 Å². The molecule has 23 heavy (non-hydrogen) atoms. The first-order chi connectivity index (χ1) is 11.1. The van der Waals surface area contributed by atoms with Crippen LogP contribution in [-0.4, -0.2) is 24.0 Å². The molecule has 0 aromatic heterocycles. The Hall–Kier alpha value is -1.82. The molecule has 2 unspecified atom stereocenters. The summed E-state index contributed by atoms with van der Waals surface area (Å²) < 4.78 is 17.9. The van der Waals surface area contributed by atoms with Crippen molar-refractivity contribution in [3.05, 3.63) is 65.7 Å². The minimum absolute atomic E-state index is 0.0247. The lowest BCUT2D eigenvalue weighted by Gasteiger charge is -2.22. The van der Waals surface area contributed by atoms with Crippen LogP contribution >= 0.6 is 0 Å². The van der Waals surface area contributed by atoms with Gasteiger partial charge in [-0.15, -0.1) is 0 Å².